The van der Waals surface area contributed by atoms with E-state index in [4.69, 9.17) is 0 Å². The molecule has 1 unspecified atom stereocenters. The summed E-state index contributed by atoms with van der Waals surface area (Å²) in [6, 6.07) is 11.2. The van der Waals surface area contributed by atoms with Gasteiger partial charge in [-0.3, -0.25) is 4.98 Å². The molecule has 2 nitrogen and oxygen atoms in total. The van der Waals surface area contributed by atoms with Gasteiger partial charge < -0.3 is 5.32 Å². The normalized spacial score (nSPS) is 12.3. The van der Waals surface area contributed by atoms with Crippen molar-refractivity contribution in [2.45, 2.75) is 25.8 Å². The van der Waals surface area contributed by atoms with Gasteiger partial charge in [-0.15, -0.1) is 0 Å². The molecule has 0 fully saturated rings. The summed E-state index contributed by atoms with van der Waals surface area (Å²) < 4.78 is 13.1. The first-order valence-corrected chi connectivity index (χ1v) is 6.61. The van der Waals surface area contributed by atoms with Crippen molar-refractivity contribution in [3.8, 4) is 0 Å². The van der Waals surface area contributed by atoms with Gasteiger partial charge in [0.1, 0.15) is 5.82 Å². The van der Waals surface area contributed by atoms with Crippen LogP contribution in [0.3, 0.4) is 0 Å². The molecule has 2 aromatic rings. The molecular formula is C16H19FN2. The molecule has 1 aromatic heterocycles. The zero-order valence-corrected chi connectivity index (χ0v) is 11.1. The van der Waals surface area contributed by atoms with Crippen LogP contribution in [0.25, 0.3) is 0 Å². The number of nitrogens with one attached hydrogen (secondary N) is 1. The first-order valence-electron chi connectivity index (χ1n) is 6.61. The molecule has 100 valence electrons. The van der Waals surface area contributed by atoms with Gasteiger partial charge in [-0.2, -0.15) is 0 Å². The van der Waals surface area contributed by atoms with E-state index in [9.17, 15) is 4.39 Å². The fourth-order valence-electron chi connectivity index (χ4n) is 2.10. The predicted octanol–water partition coefficient (Wildman–Crippen LogP) is 2.98. The van der Waals surface area contributed by atoms with Gasteiger partial charge in [0, 0.05) is 18.4 Å². The van der Waals surface area contributed by atoms with Gasteiger partial charge in [0.25, 0.3) is 0 Å². The average Bonchev–Trinajstić information content (AvgIpc) is 2.40. The first kappa shape index (κ1) is 13.7. The fraction of sp³-hybridized carbons (Fsp3) is 0.312. The van der Waals surface area contributed by atoms with E-state index in [0.29, 0.717) is 6.04 Å². The van der Waals surface area contributed by atoms with Crippen molar-refractivity contribution in [3.05, 3.63) is 65.7 Å². The van der Waals surface area contributed by atoms with Crippen LogP contribution in [-0.4, -0.2) is 17.6 Å². The maximum absolute atomic E-state index is 13.1. The maximum atomic E-state index is 13.1. The Morgan fingerprint density at radius 1 is 1.16 bits per heavy atom. The zero-order valence-electron chi connectivity index (χ0n) is 11.1. The molecular weight excluding hydrogens is 239 g/mol. The minimum Gasteiger partial charge on any atom is -0.314 e. The van der Waals surface area contributed by atoms with Gasteiger partial charge in [0.05, 0.1) is 0 Å². The number of pyridine rings is 1. The van der Waals surface area contributed by atoms with Gasteiger partial charge in [-0.05, 0) is 61.7 Å². The van der Waals surface area contributed by atoms with Crippen LogP contribution >= 0.6 is 0 Å². The molecule has 3 heteroatoms. The molecule has 0 amide bonds. The van der Waals surface area contributed by atoms with Crippen molar-refractivity contribution in [1.82, 2.24) is 10.3 Å². The fourth-order valence-corrected chi connectivity index (χ4v) is 2.10. The highest BCUT2D eigenvalue weighted by atomic mass is 19.1. The Balaban J connectivity index is 1.74. The van der Waals surface area contributed by atoms with Crippen LogP contribution in [0.4, 0.5) is 4.39 Å². The number of aromatic nitrogens is 1. The van der Waals surface area contributed by atoms with Crippen molar-refractivity contribution >= 4 is 0 Å². The Hall–Kier alpha value is -1.74. The number of hydrogen-bond acceptors (Lipinski definition) is 2. The highest BCUT2D eigenvalue weighted by Crippen LogP contribution is 2.06. The third kappa shape index (κ3) is 4.79. The van der Waals surface area contributed by atoms with Crippen LogP contribution in [0.15, 0.2) is 48.8 Å². The van der Waals surface area contributed by atoms with E-state index < -0.39 is 0 Å². The van der Waals surface area contributed by atoms with Gasteiger partial charge in [0.15, 0.2) is 0 Å². The molecule has 2 rings (SSSR count). The number of rotatable bonds is 6. The lowest BCUT2D eigenvalue weighted by atomic mass is 10.1. The number of hydrogen-bond donors (Lipinski definition) is 1. The molecule has 0 aliphatic carbocycles. The van der Waals surface area contributed by atoms with E-state index in [1.807, 2.05) is 30.6 Å². The highest BCUT2D eigenvalue weighted by molar-refractivity contribution is 5.17. The van der Waals surface area contributed by atoms with E-state index in [1.54, 1.807) is 12.1 Å². The summed E-state index contributed by atoms with van der Waals surface area (Å²) in [7, 11) is 0. The lowest BCUT2D eigenvalue weighted by Crippen LogP contribution is -2.30. The molecule has 19 heavy (non-hydrogen) atoms. The Morgan fingerprint density at radius 2 is 1.95 bits per heavy atom. The average molecular weight is 258 g/mol. The van der Waals surface area contributed by atoms with Crippen LogP contribution in [-0.2, 0) is 12.8 Å². The Kier molecular flexibility index (Phi) is 5.04. The van der Waals surface area contributed by atoms with Gasteiger partial charge in [-0.1, -0.05) is 12.1 Å². The van der Waals surface area contributed by atoms with Gasteiger partial charge in [0.2, 0.25) is 0 Å². The summed E-state index contributed by atoms with van der Waals surface area (Å²) in [5.41, 5.74) is 2.31. The second-order valence-electron chi connectivity index (χ2n) is 4.79. The van der Waals surface area contributed by atoms with Crippen LogP contribution < -0.4 is 5.32 Å². The summed E-state index contributed by atoms with van der Waals surface area (Å²) in [5.74, 6) is -0.165. The predicted molar refractivity (Wildman–Crippen MR) is 75.5 cm³/mol. The molecule has 1 N–H and O–H groups in total. The summed E-state index contributed by atoms with van der Waals surface area (Å²) >= 11 is 0. The van der Waals surface area contributed by atoms with Crippen molar-refractivity contribution in [2.75, 3.05) is 6.54 Å². The number of nitrogens with zero attached hydrogens (tertiary/aromatic N) is 1. The van der Waals surface area contributed by atoms with Crippen LogP contribution in [0.2, 0.25) is 0 Å². The first-order chi connectivity index (χ1) is 9.24. The Bertz CT molecular complexity index is 499. The third-order valence-electron chi connectivity index (χ3n) is 3.09. The molecule has 0 saturated heterocycles. The zero-order chi connectivity index (χ0) is 13.5. The number of halogens is 1. The van der Waals surface area contributed by atoms with E-state index in [2.05, 4.69) is 17.2 Å². The molecule has 0 aliphatic heterocycles. The second kappa shape index (κ2) is 7.00. The Labute approximate surface area is 113 Å². The number of benzene rings is 1. The SMILES string of the molecule is CC(Cc1cccc(F)c1)NCCc1ccncc1. The molecule has 0 spiro atoms. The van der Waals surface area contributed by atoms with E-state index in [-0.39, 0.29) is 5.82 Å². The van der Waals surface area contributed by atoms with Crippen molar-refractivity contribution in [3.63, 3.8) is 0 Å². The molecule has 0 saturated carbocycles. The minimum absolute atomic E-state index is 0.165. The molecule has 1 atom stereocenters. The van der Waals surface area contributed by atoms with Crippen LogP contribution in [0.1, 0.15) is 18.1 Å². The van der Waals surface area contributed by atoms with Crippen LogP contribution in [0, 0.1) is 5.82 Å². The second-order valence-corrected chi connectivity index (χ2v) is 4.79. The largest absolute Gasteiger partial charge is 0.314 e. The summed E-state index contributed by atoms with van der Waals surface area (Å²) in [6.45, 7) is 3.04. The standard InChI is InChI=1S/C16H19FN2/c1-13(11-15-3-2-4-16(17)12-15)19-10-7-14-5-8-18-9-6-14/h2-6,8-9,12-13,19H,7,10-11H2,1H3. The van der Waals surface area contributed by atoms with E-state index in [1.165, 1.54) is 11.6 Å². The van der Waals surface area contributed by atoms with E-state index >= 15 is 0 Å². The highest BCUT2D eigenvalue weighted by Gasteiger charge is 2.03. The summed E-state index contributed by atoms with van der Waals surface area (Å²) in [4.78, 5) is 4.00. The Morgan fingerprint density at radius 3 is 2.68 bits per heavy atom. The summed E-state index contributed by atoms with van der Waals surface area (Å²) in [5, 5.41) is 3.46. The van der Waals surface area contributed by atoms with Crippen molar-refractivity contribution in [2.24, 2.45) is 0 Å². The molecule has 0 bridgehead atoms. The molecule has 0 aliphatic rings. The smallest absolute Gasteiger partial charge is 0.123 e. The topological polar surface area (TPSA) is 24.9 Å². The molecule has 1 heterocycles. The summed E-state index contributed by atoms with van der Waals surface area (Å²) in [6.07, 6.45) is 5.45. The molecule has 1 aromatic carbocycles. The lowest BCUT2D eigenvalue weighted by Gasteiger charge is -2.14. The third-order valence-corrected chi connectivity index (χ3v) is 3.09. The maximum Gasteiger partial charge on any atom is 0.123 e. The van der Waals surface area contributed by atoms with Gasteiger partial charge in [-0.25, -0.2) is 4.39 Å². The minimum atomic E-state index is -0.165. The quantitative estimate of drug-likeness (QED) is 0.861. The van der Waals surface area contributed by atoms with Crippen LogP contribution in [0.5, 0.6) is 0 Å². The monoisotopic (exact) mass is 258 g/mol. The van der Waals surface area contributed by atoms with Gasteiger partial charge >= 0.3 is 0 Å². The van der Waals surface area contributed by atoms with E-state index in [0.717, 1.165) is 24.9 Å². The van der Waals surface area contributed by atoms with Crippen molar-refractivity contribution < 1.29 is 4.39 Å². The molecule has 0 radical (unpaired) electrons. The lowest BCUT2D eigenvalue weighted by molar-refractivity contribution is 0.546. The van der Waals surface area contributed by atoms with Crippen molar-refractivity contribution in [1.29, 1.82) is 0 Å².